The minimum absolute atomic E-state index is 0.194. The van der Waals surface area contributed by atoms with E-state index in [-0.39, 0.29) is 12.5 Å². The monoisotopic (exact) mass is 470 g/mol. The number of para-hydroxylation sites is 2. The van der Waals surface area contributed by atoms with Gasteiger partial charge in [-0.2, -0.15) is 0 Å². The first-order valence-corrected chi connectivity index (χ1v) is 12.1. The number of hydrogen-bond donors (Lipinski definition) is 4. The molecule has 0 saturated heterocycles. The zero-order valence-electron chi connectivity index (χ0n) is 19.5. The van der Waals surface area contributed by atoms with E-state index in [1.165, 1.54) is 24.8 Å². The third-order valence-corrected chi connectivity index (χ3v) is 6.54. The molecule has 3 aromatic rings. The molecule has 5 N–H and O–H groups in total. The summed E-state index contributed by atoms with van der Waals surface area (Å²) < 4.78 is 5.36. The normalized spacial score (nSPS) is 18.5. The van der Waals surface area contributed by atoms with Gasteiger partial charge in [0.2, 0.25) is 0 Å². The molecular weight excluding hydrogens is 440 g/mol. The van der Waals surface area contributed by atoms with Crippen LogP contribution in [0.2, 0.25) is 0 Å². The van der Waals surface area contributed by atoms with Crippen molar-refractivity contribution in [3.63, 3.8) is 0 Å². The van der Waals surface area contributed by atoms with Crippen LogP contribution in [0.5, 0.6) is 0 Å². The highest BCUT2D eigenvalue weighted by molar-refractivity contribution is 6.06. The maximum absolute atomic E-state index is 12.4. The lowest BCUT2D eigenvalue weighted by atomic mass is 10.1. The molecule has 2 aliphatic carbocycles. The molecular formula is C28H30N4O3. The topological polar surface area (TPSA) is 105 Å². The van der Waals surface area contributed by atoms with Crippen LogP contribution in [0.3, 0.4) is 0 Å². The molecule has 7 heteroatoms. The van der Waals surface area contributed by atoms with Crippen molar-refractivity contribution >= 4 is 29.1 Å². The number of amides is 2. The molecule has 2 fully saturated rings. The fraction of sp³-hybridized carbons (Fsp3) is 0.286. The smallest absolute Gasteiger partial charge is 0.411 e. The molecule has 2 amide bonds. The number of nitrogens with two attached hydrogens (primary N) is 1. The summed E-state index contributed by atoms with van der Waals surface area (Å²) in [5, 5.41) is 9.13. The Morgan fingerprint density at radius 2 is 1.66 bits per heavy atom. The number of rotatable bonds is 9. The van der Waals surface area contributed by atoms with Gasteiger partial charge in [-0.3, -0.25) is 10.1 Å². The van der Waals surface area contributed by atoms with Crippen LogP contribution in [0.25, 0.3) is 0 Å². The predicted octanol–water partition coefficient (Wildman–Crippen LogP) is 5.13. The van der Waals surface area contributed by atoms with E-state index in [1.807, 2.05) is 12.1 Å². The van der Waals surface area contributed by atoms with Crippen LogP contribution >= 0.6 is 0 Å². The van der Waals surface area contributed by atoms with Crippen molar-refractivity contribution in [1.29, 1.82) is 0 Å². The van der Waals surface area contributed by atoms with E-state index in [4.69, 9.17) is 10.5 Å². The largest absolute Gasteiger partial charge is 0.444 e. The minimum atomic E-state index is -0.546. The molecule has 35 heavy (non-hydrogen) atoms. The van der Waals surface area contributed by atoms with Crippen LogP contribution in [-0.4, -0.2) is 24.6 Å². The van der Waals surface area contributed by atoms with Gasteiger partial charge in [0, 0.05) is 23.2 Å². The maximum Gasteiger partial charge on any atom is 0.411 e. The first kappa shape index (κ1) is 22.9. The van der Waals surface area contributed by atoms with Crippen molar-refractivity contribution in [1.82, 2.24) is 5.32 Å². The zero-order chi connectivity index (χ0) is 24.2. The van der Waals surface area contributed by atoms with Gasteiger partial charge in [-0.05, 0) is 79.3 Å². The average Bonchev–Trinajstić information content (AvgIpc) is 3.79. The Labute approximate surface area is 205 Å². The Hall–Kier alpha value is -3.84. The van der Waals surface area contributed by atoms with E-state index in [1.54, 1.807) is 48.5 Å². The lowest BCUT2D eigenvalue weighted by Crippen LogP contribution is -2.20. The summed E-state index contributed by atoms with van der Waals surface area (Å²) in [5.41, 5.74) is 10.2. The van der Waals surface area contributed by atoms with Crippen molar-refractivity contribution in [3.05, 3.63) is 89.5 Å². The van der Waals surface area contributed by atoms with Gasteiger partial charge >= 0.3 is 6.09 Å². The Kier molecular flexibility index (Phi) is 6.68. The van der Waals surface area contributed by atoms with E-state index in [0.717, 1.165) is 18.0 Å². The van der Waals surface area contributed by atoms with Gasteiger partial charge in [-0.25, -0.2) is 4.79 Å². The van der Waals surface area contributed by atoms with Gasteiger partial charge in [0.15, 0.2) is 0 Å². The quantitative estimate of drug-likeness (QED) is 0.325. The summed E-state index contributed by atoms with van der Waals surface area (Å²) in [5.74, 6) is 1.22. The number of nitrogens with one attached hydrogen (secondary N) is 3. The van der Waals surface area contributed by atoms with Crippen LogP contribution in [0.4, 0.5) is 21.9 Å². The molecule has 2 saturated carbocycles. The summed E-state index contributed by atoms with van der Waals surface area (Å²) in [6.07, 6.45) is 3.40. The number of anilines is 3. The number of carbonyl (C=O) groups excluding carboxylic acids is 2. The molecule has 0 bridgehead atoms. The molecule has 5 rings (SSSR count). The molecule has 0 heterocycles. The Bertz CT molecular complexity index is 1190. The van der Waals surface area contributed by atoms with Gasteiger partial charge in [-0.15, -0.1) is 0 Å². The first-order valence-electron chi connectivity index (χ1n) is 12.1. The molecule has 180 valence electrons. The van der Waals surface area contributed by atoms with Gasteiger partial charge < -0.3 is 21.1 Å². The Morgan fingerprint density at radius 3 is 2.37 bits per heavy atom. The van der Waals surface area contributed by atoms with Crippen molar-refractivity contribution in [2.45, 2.75) is 37.8 Å². The van der Waals surface area contributed by atoms with Crippen LogP contribution in [-0.2, 0) is 11.3 Å². The maximum atomic E-state index is 12.4. The lowest BCUT2D eigenvalue weighted by molar-refractivity contribution is 0.102. The van der Waals surface area contributed by atoms with Crippen molar-refractivity contribution in [3.8, 4) is 0 Å². The van der Waals surface area contributed by atoms with Crippen LogP contribution in [0.1, 0.15) is 46.7 Å². The molecule has 0 spiro atoms. The fourth-order valence-corrected chi connectivity index (χ4v) is 4.10. The number of hydrogen-bond acceptors (Lipinski definition) is 5. The van der Waals surface area contributed by atoms with Gasteiger partial charge in [-0.1, -0.05) is 36.4 Å². The second kappa shape index (κ2) is 10.2. The summed E-state index contributed by atoms with van der Waals surface area (Å²) in [7, 11) is 0. The number of carbonyl (C=O) groups is 2. The molecule has 0 aliphatic heterocycles. The third kappa shape index (κ3) is 6.19. The molecule has 2 atom stereocenters. The van der Waals surface area contributed by atoms with Crippen molar-refractivity contribution in [2.75, 3.05) is 22.9 Å². The highest BCUT2D eigenvalue weighted by Gasteiger charge is 2.38. The van der Waals surface area contributed by atoms with Gasteiger partial charge in [0.25, 0.3) is 5.91 Å². The van der Waals surface area contributed by atoms with Gasteiger partial charge in [0.05, 0.1) is 11.4 Å². The third-order valence-electron chi connectivity index (χ3n) is 6.54. The van der Waals surface area contributed by atoms with Crippen LogP contribution < -0.4 is 21.7 Å². The zero-order valence-corrected chi connectivity index (χ0v) is 19.5. The second-order valence-corrected chi connectivity index (χ2v) is 9.36. The highest BCUT2D eigenvalue weighted by atomic mass is 16.5. The highest BCUT2D eigenvalue weighted by Crippen LogP contribution is 2.41. The summed E-state index contributed by atoms with van der Waals surface area (Å²) >= 11 is 0. The number of nitrogen functional groups attached to an aromatic ring is 1. The average molecular weight is 471 g/mol. The van der Waals surface area contributed by atoms with Crippen LogP contribution in [0, 0.1) is 5.92 Å². The van der Waals surface area contributed by atoms with Crippen LogP contribution in [0.15, 0.2) is 72.8 Å². The van der Waals surface area contributed by atoms with Crippen molar-refractivity contribution < 1.29 is 14.3 Å². The Balaban J connectivity index is 1.06. The SMILES string of the molecule is Nc1ccccc1NC(=O)c1ccc(NC(=O)OCc2ccc(C3C[C@H]3NCC3CC3)cc2)cc1. The molecule has 2 aliphatic rings. The molecule has 1 unspecified atom stereocenters. The van der Waals surface area contributed by atoms with E-state index in [2.05, 4.69) is 28.1 Å². The first-order chi connectivity index (χ1) is 17.0. The predicted molar refractivity (Wildman–Crippen MR) is 137 cm³/mol. The fourth-order valence-electron chi connectivity index (χ4n) is 4.10. The minimum Gasteiger partial charge on any atom is -0.444 e. The summed E-state index contributed by atoms with van der Waals surface area (Å²) in [6, 6.07) is 22.6. The standard InChI is InChI=1S/C28H30N4O3/c29-24-3-1-2-4-25(24)32-27(33)21-11-13-22(14-12-21)31-28(34)35-17-19-7-9-20(10-8-19)23-15-26(23)30-16-18-5-6-18/h1-4,7-14,18,23,26,30H,5-6,15-17,29H2,(H,31,34)(H,32,33)/t23?,26-/m1/s1. The van der Waals surface area contributed by atoms with E-state index >= 15 is 0 Å². The van der Waals surface area contributed by atoms with E-state index in [0.29, 0.717) is 34.6 Å². The summed E-state index contributed by atoms with van der Waals surface area (Å²) in [4.78, 5) is 24.6. The number of benzene rings is 3. The molecule has 3 aromatic carbocycles. The molecule has 0 radical (unpaired) electrons. The van der Waals surface area contributed by atoms with Gasteiger partial charge in [0.1, 0.15) is 6.61 Å². The summed E-state index contributed by atoms with van der Waals surface area (Å²) in [6.45, 7) is 1.35. The lowest BCUT2D eigenvalue weighted by Gasteiger charge is -2.10. The Morgan fingerprint density at radius 1 is 0.914 bits per heavy atom. The van der Waals surface area contributed by atoms with Crippen molar-refractivity contribution in [2.24, 2.45) is 5.92 Å². The van der Waals surface area contributed by atoms with E-state index in [9.17, 15) is 9.59 Å². The number of ether oxygens (including phenoxy) is 1. The second-order valence-electron chi connectivity index (χ2n) is 9.36. The molecule has 7 nitrogen and oxygen atoms in total. The van der Waals surface area contributed by atoms with E-state index < -0.39 is 6.09 Å². The molecule has 0 aromatic heterocycles.